The first-order valence-corrected chi connectivity index (χ1v) is 7.89. The van der Waals surface area contributed by atoms with Crippen molar-refractivity contribution in [3.8, 4) is 5.75 Å². The quantitative estimate of drug-likeness (QED) is 0.789. The van der Waals surface area contributed by atoms with Gasteiger partial charge in [0.1, 0.15) is 5.75 Å². The number of thioether (sulfide) groups is 1. The van der Waals surface area contributed by atoms with Gasteiger partial charge in [-0.2, -0.15) is 0 Å². The zero-order valence-corrected chi connectivity index (χ0v) is 13.3. The van der Waals surface area contributed by atoms with E-state index < -0.39 is 0 Å². The Kier molecular flexibility index (Phi) is 5.28. The zero-order chi connectivity index (χ0) is 15.2. The zero-order valence-electron chi connectivity index (χ0n) is 12.5. The van der Waals surface area contributed by atoms with E-state index in [1.54, 1.807) is 23.8 Å². The van der Waals surface area contributed by atoms with Crippen molar-refractivity contribution < 1.29 is 9.53 Å². The van der Waals surface area contributed by atoms with E-state index in [4.69, 9.17) is 4.74 Å². The lowest BCUT2D eigenvalue weighted by atomic mass is 10.1. The van der Waals surface area contributed by atoms with Crippen molar-refractivity contribution in [3.63, 3.8) is 0 Å². The van der Waals surface area contributed by atoms with Crippen molar-refractivity contribution in [1.82, 2.24) is 4.90 Å². The summed E-state index contributed by atoms with van der Waals surface area (Å²) in [6.45, 7) is 0.575. The van der Waals surface area contributed by atoms with E-state index in [1.807, 2.05) is 61.8 Å². The predicted octanol–water partition coefficient (Wildman–Crippen LogP) is 3.69. The largest absolute Gasteiger partial charge is 0.497 e. The van der Waals surface area contributed by atoms with Crippen molar-refractivity contribution in [2.45, 2.75) is 11.4 Å². The first-order chi connectivity index (χ1) is 10.2. The number of carbonyl (C=O) groups excluding carboxylic acids is 1. The van der Waals surface area contributed by atoms with Gasteiger partial charge < -0.3 is 9.64 Å². The van der Waals surface area contributed by atoms with Gasteiger partial charge >= 0.3 is 0 Å². The summed E-state index contributed by atoms with van der Waals surface area (Å²) in [4.78, 5) is 15.3. The monoisotopic (exact) mass is 301 g/mol. The van der Waals surface area contributed by atoms with Gasteiger partial charge in [0.15, 0.2) is 0 Å². The molecular weight excluding hydrogens is 282 g/mol. The highest BCUT2D eigenvalue weighted by Gasteiger charge is 2.15. The molecule has 0 saturated carbocycles. The molecule has 0 aliphatic carbocycles. The molecule has 3 nitrogen and oxygen atoms in total. The molecule has 2 rings (SSSR count). The van der Waals surface area contributed by atoms with E-state index in [9.17, 15) is 4.79 Å². The molecule has 0 aliphatic rings. The van der Waals surface area contributed by atoms with E-state index in [0.29, 0.717) is 6.54 Å². The van der Waals surface area contributed by atoms with Crippen molar-refractivity contribution in [3.05, 3.63) is 59.7 Å². The van der Waals surface area contributed by atoms with Crippen LogP contribution in [0.3, 0.4) is 0 Å². The normalized spacial score (nSPS) is 10.2. The number of methoxy groups -OCH3 is 1. The van der Waals surface area contributed by atoms with Crippen LogP contribution in [-0.4, -0.2) is 31.2 Å². The maximum atomic E-state index is 12.5. The number of amides is 1. The Balaban J connectivity index is 2.11. The van der Waals surface area contributed by atoms with Gasteiger partial charge in [-0.15, -0.1) is 11.8 Å². The van der Waals surface area contributed by atoms with Crippen LogP contribution in [0.25, 0.3) is 0 Å². The number of nitrogens with zero attached hydrogens (tertiary/aromatic N) is 1. The van der Waals surface area contributed by atoms with Crippen LogP contribution in [-0.2, 0) is 6.54 Å². The van der Waals surface area contributed by atoms with Crippen LogP contribution in [0.5, 0.6) is 5.75 Å². The standard InChI is InChI=1S/C17H19NO2S/c1-18(12-13-8-10-14(20-2)11-9-13)17(19)15-6-4-5-7-16(15)21-3/h4-11H,12H2,1-3H3. The number of carbonyl (C=O) groups is 1. The molecule has 4 heteroatoms. The van der Waals surface area contributed by atoms with Crippen LogP contribution in [0.4, 0.5) is 0 Å². The number of ether oxygens (including phenoxy) is 1. The van der Waals surface area contributed by atoms with Crippen molar-refractivity contribution in [2.75, 3.05) is 20.4 Å². The van der Waals surface area contributed by atoms with E-state index in [0.717, 1.165) is 21.8 Å². The lowest BCUT2D eigenvalue weighted by Crippen LogP contribution is -2.26. The molecule has 0 N–H and O–H groups in total. The molecule has 0 atom stereocenters. The molecule has 0 radical (unpaired) electrons. The molecular formula is C17H19NO2S. The predicted molar refractivity (Wildman–Crippen MR) is 87.0 cm³/mol. The number of benzene rings is 2. The minimum absolute atomic E-state index is 0.0377. The first-order valence-electron chi connectivity index (χ1n) is 6.67. The maximum absolute atomic E-state index is 12.5. The van der Waals surface area contributed by atoms with Gasteiger partial charge in [-0.05, 0) is 36.1 Å². The minimum atomic E-state index is 0.0377. The van der Waals surface area contributed by atoms with E-state index in [-0.39, 0.29) is 5.91 Å². The molecule has 21 heavy (non-hydrogen) atoms. The first kappa shape index (κ1) is 15.4. The smallest absolute Gasteiger partial charge is 0.255 e. The van der Waals surface area contributed by atoms with Crippen LogP contribution in [0, 0.1) is 0 Å². The Hall–Kier alpha value is -1.94. The molecule has 0 bridgehead atoms. The molecule has 2 aromatic rings. The topological polar surface area (TPSA) is 29.5 Å². The summed E-state index contributed by atoms with van der Waals surface area (Å²) in [6, 6.07) is 15.5. The molecule has 0 unspecified atom stereocenters. The molecule has 0 spiro atoms. The molecule has 2 aromatic carbocycles. The van der Waals surface area contributed by atoms with Gasteiger partial charge in [-0.1, -0.05) is 24.3 Å². The number of hydrogen-bond acceptors (Lipinski definition) is 3. The van der Waals surface area contributed by atoms with Crippen molar-refractivity contribution >= 4 is 17.7 Å². The third kappa shape index (κ3) is 3.79. The second-order valence-electron chi connectivity index (χ2n) is 4.71. The highest BCUT2D eigenvalue weighted by molar-refractivity contribution is 7.98. The average molecular weight is 301 g/mol. The van der Waals surface area contributed by atoms with Crippen LogP contribution < -0.4 is 4.74 Å². The fourth-order valence-corrected chi connectivity index (χ4v) is 2.69. The second-order valence-corrected chi connectivity index (χ2v) is 5.56. The minimum Gasteiger partial charge on any atom is -0.497 e. The molecule has 110 valence electrons. The van der Waals surface area contributed by atoms with Gasteiger partial charge in [0, 0.05) is 18.5 Å². The van der Waals surface area contributed by atoms with Gasteiger partial charge in [0.05, 0.1) is 12.7 Å². The lowest BCUT2D eigenvalue weighted by Gasteiger charge is -2.19. The third-order valence-corrected chi connectivity index (χ3v) is 4.06. The lowest BCUT2D eigenvalue weighted by molar-refractivity contribution is 0.0781. The molecule has 0 heterocycles. The Labute approximate surface area is 129 Å². The van der Waals surface area contributed by atoms with Crippen LogP contribution in [0.2, 0.25) is 0 Å². The summed E-state index contributed by atoms with van der Waals surface area (Å²) in [5.41, 5.74) is 1.83. The maximum Gasteiger partial charge on any atom is 0.255 e. The molecule has 0 fully saturated rings. The molecule has 0 aliphatic heterocycles. The summed E-state index contributed by atoms with van der Waals surface area (Å²) in [7, 11) is 3.47. The van der Waals surface area contributed by atoms with Crippen molar-refractivity contribution in [2.24, 2.45) is 0 Å². The van der Waals surface area contributed by atoms with Gasteiger partial charge in [-0.25, -0.2) is 0 Å². The Morgan fingerprint density at radius 2 is 1.81 bits per heavy atom. The molecule has 0 aromatic heterocycles. The highest BCUT2D eigenvalue weighted by Crippen LogP contribution is 2.22. The summed E-state index contributed by atoms with van der Waals surface area (Å²) >= 11 is 1.59. The van der Waals surface area contributed by atoms with E-state index in [1.165, 1.54) is 0 Å². The summed E-state index contributed by atoms with van der Waals surface area (Å²) in [6.07, 6.45) is 1.98. The fraction of sp³-hybridized carbons (Fsp3) is 0.235. The third-order valence-electron chi connectivity index (χ3n) is 3.26. The van der Waals surface area contributed by atoms with Gasteiger partial charge in [0.2, 0.25) is 0 Å². The van der Waals surface area contributed by atoms with Gasteiger partial charge in [-0.3, -0.25) is 4.79 Å². The summed E-state index contributed by atoms with van der Waals surface area (Å²) in [5, 5.41) is 0. The highest BCUT2D eigenvalue weighted by atomic mass is 32.2. The molecule has 1 amide bonds. The Morgan fingerprint density at radius 3 is 2.43 bits per heavy atom. The average Bonchev–Trinajstić information content (AvgIpc) is 2.54. The fourth-order valence-electron chi connectivity index (χ4n) is 2.10. The number of rotatable bonds is 5. The summed E-state index contributed by atoms with van der Waals surface area (Å²) in [5.74, 6) is 0.858. The number of hydrogen-bond donors (Lipinski definition) is 0. The van der Waals surface area contributed by atoms with Crippen LogP contribution in [0.15, 0.2) is 53.4 Å². The van der Waals surface area contributed by atoms with Crippen molar-refractivity contribution in [1.29, 1.82) is 0 Å². The van der Waals surface area contributed by atoms with Crippen LogP contribution >= 0.6 is 11.8 Å². The van der Waals surface area contributed by atoms with Gasteiger partial charge in [0.25, 0.3) is 5.91 Å². The summed E-state index contributed by atoms with van der Waals surface area (Å²) < 4.78 is 5.14. The van der Waals surface area contributed by atoms with E-state index >= 15 is 0 Å². The SMILES string of the molecule is COc1ccc(CN(C)C(=O)c2ccccc2SC)cc1. The van der Waals surface area contributed by atoms with Crippen LogP contribution in [0.1, 0.15) is 15.9 Å². The Morgan fingerprint density at radius 1 is 1.14 bits per heavy atom. The van der Waals surface area contributed by atoms with E-state index in [2.05, 4.69) is 0 Å². The second kappa shape index (κ2) is 7.18. The Bertz CT molecular complexity index is 610. The molecule has 0 saturated heterocycles.